The molecular weight excluding hydrogens is 338 g/mol. The van der Waals surface area contributed by atoms with Gasteiger partial charge in [-0.3, -0.25) is 14.6 Å². The highest BCUT2D eigenvalue weighted by Gasteiger charge is 2.11. The summed E-state index contributed by atoms with van der Waals surface area (Å²) in [6.45, 7) is 0. The summed E-state index contributed by atoms with van der Waals surface area (Å²) in [6.07, 6.45) is 0. The number of carbonyl (C=O) groups is 1. The lowest BCUT2D eigenvalue weighted by atomic mass is 10.3. The van der Waals surface area contributed by atoms with Gasteiger partial charge in [-0.2, -0.15) is 0 Å². The van der Waals surface area contributed by atoms with Crippen LogP contribution in [0.15, 0.2) is 81.2 Å². The normalized spacial score (nSPS) is 10.4. The second kappa shape index (κ2) is 7.67. The van der Waals surface area contributed by atoms with E-state index in [2.05, 4.69) is 10.3 Å². The molecule has 0 aliphatic rings. The fourth-order valence-corrected chi connectivity index (χ4v) is 2.98. The Labute approximate surface area is 147 Å². The van der Waals surface area contributed by atoms with Crippen molar-refractivity contribution in [1.82, 2.24) is 9.55 Å². The first kappa shape index (κ1) is 16.8. The summed E-state index contributed by atoms with van der Waals surface area (Å²) in [7, 11) is 0. The third-order valence-electron chi connectivity index (χ3n) is 3.34. The van der Waals surface area contributed by atoms with E-state index in [1.54, 1.807) is 24.3 Å². The SMILES string of the molecule is O=C(CSc1ccccc1)Nc1cc(=O)[nH]c(=O)n1-c1ccccc1. The topological polar surface area (TPSA) is 84.0 Å². The maximum absolute atomic E-state index is 12.2. The number of nitrogens with one attached hydrogen (secondary N) is 2. The molecule has 0 radical (unpaired) electrons. The van der Waals surface area contributed by atoms with Crippen molar-refractivity contribution in [2.45, 2.75) is 4.90 Å². The highest BCUT2D eigenvalue weighted by atomic mass is 32.2. The lowest BCUT2D eigenvalue weighted by Crippen LogP contribution is -2.32. The van der Waals surface area contributed by atoms with Gasteiger partial charge >= 0.3 is 5.69 Å². The van der Waals surface area contributed by atoms with Crippen LogP contribution in [0.2, 0.25) is 0 Å². The number of amides is 1. The maximum atomic E-state index is 12.2. The van der Waals surface area contributed by atoms with E-state index in [0.29, 0.717) is 5.69 Å². The first-order chi connectivity index (χ1) is 12.1. The number of nitrogens with zero attached hydrogens (tertiary/aromatic N) is 1. The van der Waals surface area contributed by atoms with Gasteiger partial charge in [0, 0.05) is 11.0 Å². The molecule has 0 unspecified atom stereocenters. The van der Waals surface area contributed by atoms with Crippen molar-refractivity contribution in [3.05, 3.63) is 87.6 Å². The molecule has 0 bridgehead atoms. The van der Waals surface area contributed by atoms with Crippen molar-refractivity contribution < 1.29 is 4.79 Å². The number of aromatic amines is 1. The Kier molecular flexibility index (Phi) is 5.15. The Morgan fingerprint density at radius 1 is 1.00 bits per heavy atom. The predicted molar refractivity (Wildman–Crippen MR) is 98.5 cm³/mol. The minimum atomic E-state index is -0.607. The van der Waals surface area contributed by atoms with Gasteiger partial charge in [0.15, 0.2) is 0 Å². The molecular formula is C18H15N3O3S. The van der Waals surface area contributed by atoms with Crippen molar-refractivity contribution in [3.8, 4) is 5.69 Å². The van der Waals surface area contributed by atoms with E-state index in [9.17, 15) is 14.4 Å². The molecule has 0 saturated heterocycles. The van der Waals surface area contributed by atoms with E-state index in [1.165, 1.54) is 22.4 Å². The van der Waals surface area contributed by atoms with Gasteiger partial charge in [-0.1, -0.05) is 36.4 Å². The Bertz CT molecular complexity index is 982. The molecule has 126 valence electrons. The van der Waals surface area contributed by atoms with Crippen LogP contribution in [-0.4, -0.2) is 21.2 Å². The summed E-state index contributed by atoms with van der Waals surface area (Å²) < 4.78 is 1.26. The van der Waals surface area contributed by atoms with Gasteiger partial charge in [-0.05, 0) is 24.3 Å². The fourth-order valence-electron chi connectivity index (χ4n) is 2.27. The van der Waals surface area contributed by atoms with Crippen LogP contribution in [0.4, 0.5) is 5.82 Å². The molecule has 25 heavy (non-hydrogen) atoms. The first-order valence-electron chi connectivity index (χ1n) is 7.53. The molecule has 6 nitrogen and oxygen atoms in total. The summed E-state index contributed by atoms with van der Waals surface area (Å²) in [5, 5.41) is 2.64. The molecule has 0 spiro atoms. The number of thioether (sulfide) groups is 1. The summed E-state index contributed by atoms with van der Waals surface area (Å²) in [5.74, 6) is 0.00178. The van der Waals surface area contributed by atoms with Gasteiger partial charge in [-0.15, -0.1) is 11.8 Å². The largest absolute Gasteiger partial charge is 0.334 e. The molecule has 7 heteroatoms. The Balaban J connectivity index is 1.83. The van der Waals surface area contributed by atoms with Crippen molar-refractivity contribution in [1.29, 1.82) is 0 Å². The predicted octanol–water partition coefficient (Wildman–Crippen LogP) is 2.26. The quantitative estimate of drug-likeness (QED) is 0.689. The molecule has 0 fully saturated rings. The summed E-state index contributed by atoms with van der Waals surface area (Å²) in [5.41, 5.74) is -0.623. The summed E-state index contributed by atoms with van der Waals surface area (Å²) in [6, 6.07) is 19.5. The number of anilines is 1. The highest BCUT2D eigenvalue weighted by molar-refractivity contribution is 8.00. The Hall–Kier alpha value is -3.06. The third kappa shape index (κ3) is 4.27. The second-order valence-corrected chi connectivity index (χ2v) is 6.19. The molecule has 1 amide bonds. The zero-order valence-corrected chi connectivity index (χ0v) is 14.0. The lowest BCUT2D eigenvalue weighted by Gasteiger charge is -2.12. The van der Waals surface area contributed by atoms with Crippen LogP contribution in [0.3, 0.4) is 0 Å². The fraction of sp³-hybridized carbons (Fsp3) is 0.0556. The van der Waals surface area contributed by atoms with Gasteiger partial charge in [0.25, 0.3) is 5.56 Å². The monoisotopic (exact) mass is 353 g/mol. The lowest BCUT2D eigenvalue weighted by molar-refractivity contribution is -0.113. The van der Waals surface area contributed by atoms with Gasteiger partial charge in [0.2, 0.25) is 5.91 Å². The van der Waals surface area contributed by atoms with Crippen LogP contribution in [0, 0.1) is 0 Å². The van der Waals surface area contributed by atoms with Gasteiger partial charge in [0.1, 0.15) is 5.82 Å². The summed E-state index contributed by atoms with van der Waals surface area (Å²) >= 11 is 1.37. The number of H-pyrrole nitrogens is 1. The van der Waals surface area contributed by atoms with Crippen LogP contribution in [0.1, 0.15) is 0 Å². The van der Waals surface area contributed by atoms with Gasteiger partial charge < -0.3 is 5.32 Å². The van der Waals surface area contributed by atoms with E-state index < -0.39 is 11.2 Å². The molecule has 0 aliphatic carbocycles. The molecule has 0 aliphatic heterocycles. The third-order valence-corrected chi connectivity index (χ3v) is 4.35. The van der Waals surface area contributed by atoms with E-state index >= 15 is 0 Å². The van der Waals surface area contributed by atoms with Crippen LogP contribution in [0.5, 0.6) is 0 Å². The van der Waals surface area contributed by atoms with E-state index in [1.807, 2.05) is 36.4 Å². The molecule has 0 atom stereocenters. The van der Waals surface area contributed by atoms with Crippen molar-refractivity contribution >= 4 is 23.5 Å². The molecule has 0 saturated carbocycles. The van der Waals surface area contributed by atoms with Crippen molar-refractivity contribution in [2.75, 3.05) is 11.1 Å². The van der Waals surface area contributed by atoms with Gasteiger partial charge in [-0.25, -0.2) is 9.36 Å². The van der Waals surface area contributed by atoms with Crippen LogP contribution in [0.25, 0.3) is 5.69 Å². The van der Waals surface area contributed by atoms with Crippen LogP contribution >= 0.6 is 11.8 Å². The number of para-hydroxylation sites is 1. The average molecular weight is 353 g/mol. The van der Waals surface area contributed by atoms with Crippen LogP contribution < -0.4 is 16.6 Å². The van der Waals surface area contributed by atoms with Crippen molar-refractivity contribution in [2.24, 2.45) is 0 Å². The molecule has 2 aromatic carbocycles. The molecule has 3 rings (SSSR count). The highest BCUT2D eigenvalue weighted by Crippen LogP contribution is 2.17. The number of carbonyl (C=O) groups excluding carboxylic acids is 1. The Morgan fingerprint density at radius 3 is 2.32 bits per heavy atom. The number of hydrogen-bond acceptors (Lipinski definition) is 4. The van der Waals surface area contributed by atoms with Crippen molar-refractivity contribution in [3.63, 3.8) is 0 Å². The molecule has 3 aromatic rings. The average Bonchev–Trinajstić information content (AvgIpc) is 2.61. The number of benzene rings is 2. The minimum absolute atomic E-state index is 0.138. The first-order valence-corrected chi connectivity index (χ1v) is 8.51. The number of aromatic nitrogens is 2. The smallest absolute Gasteiger partial charge is 0.311 e. The minimum Gasteiger partial charge on any atom is -0.311 e. The number of rotatable bonds is 5. The molecule has 2 N–H and O–H groups in total. The van der Waals surface area contributed by atoms with E-state index in [0.717, 1.165) is 4.90 Å². The zero-order valence-electron chi connectivity index (χ0n) is 13.1. The number of hydrogen-bond donors (Lipinski definition) is 2. The molecule has 1 aromatic heterocycles. The van der Waals surface area contributed by atoms with E-state index in [-0.39, 0.29) is 17.5 Å². The standard InChI is InChI=1S/C18H15N3O3S/c22-16-11-15(19-17(23)12-25-14-9-5-2-6-10-14)21(18(24)20-16)13-7-3-1-4-8-13/h1-11H,12H2,(H,19,23)(H,20,22,24). The van der Waals surface area contributed by atoms with Gasteiger partial charge in [0.05, 0.1) is 11.4 Å². The zero-order chi connectivity index (χ0) is 17.6. The van der Waals surface area contributed by atoms with Crippen LogP contribution in [-0.2, 0) is 4.79 Å². The van der Waals surface area contributed by atoms with E-state index in [4.69, 9.17) is 0 Å². The summed E-state index contributed by atoms with van der Waals surface area (Å²) in [4.78, 5) is 39.2. The maximum Gasteiger partial charge on any atom is 0.334 e. The Morgan fingerprint density at radius 2 is 1.64 bits per heavy atom. The second-order valence-electron chi connectivity index (χ2n) is 5.14. The molecule has 1 heterocycles.